The van der Waals surface area contributed by atoms with Gasteiger partial charge in [0, 0.05) is 23.2 Å². The first-order chi connectivity index (χ1) is 17.5. The summed E-state index contributed by atoms with van der Waals surface area (Å²) in [6.07, 6.45) is 17.8. The highest BCUT2D eigenvalue weighted by Crippen LogP contribution is 2.13. The molecule has 206 valence electrons. The summed E-state index contributed by atoms with van der Waals surface area (Å²) in [5, 5.41) is 0. The lowest BCUT2D eigenvalue weighted by molar-refractivity contribution is -0.156. The second-order valence-corrected chi connectivity index (χ2v) is 8.70. The van der Waals surface area contributed by atoms with Gasteiger partial charge in [-0.05, 0) is 12.8 Å². The number of hydrogen-bond acceptors (Lipinski definition) is 8. The molecule has 0 bridgehead atoms. The maximum Gasteiger partial charge on any atom is 0.344 e. The molecule has 0 saturated heterocycles. The fourth-order valence-corrected chi connectivity index (χ4v) is 3.45. The first kappa shape index (κ1) is 33.9. The molecule has 0 aromatic carbocycles. The molecular formula is C26H40Cl2O8. The maximum absolute atomic E-state index is 11.4. The summed E-state index contributed by atoms with van der Waals surface area (Å²) in [6, 6.07) is 0. The van der Waals surface area contributed by atoms with E-state index in [1.54, 1.807) is 0 Å². The minimum Gasteiger partial charge on any atom is -0.463 e. The number of unbranched alkanes of at least 4 members (excludes halogenated alkanes) is 13. The molecule has 0 aliphatic rings. The van der Waals surface area contributed by atoms with Crippen LogP contribution in [0, 0.1) is 0 Å². The molecule has 0 unspecified atom stereocenters. The molecule has 0 radical (unpaired) electrons. The highest BCUT2D eigenvalue weighted by Gasteiger charge is 2.07. The lowest BCUT2D eigenvalue weighted by Gasteiger charge is -2.06. The molecular weight excluding hydrogens is 511 g/mol. The standard InChI is InChI=1S/C26H40Cl2O8/c27-17-15-23(29)35-21-25(31)33-19-13-11-9-7-5-3-1-2-4-6-8-10-12-14-20-34-26(32)22-36-24(30)16-18-28/h15-18H,1-14,19-22H2. The molecule has 0 amide bonds. The number of carbonyl (C=O) groups is 4. The molecule has 0 aromatic heterocycles. The molecule has 0 N–H and O–H groups in total. The van der Waals surface area contributed by atoms with Crippen molar-refractivity contribution in [2.24, 2.45) is 0 Å². The van der Waals surface area contributed by atoms with Crippen LogP contribution in [0.1, 0.15) is 89.9 Å². The van der Waals surface area contributed by atoms with Crippen LogP contribution in [0.4, 0.5) is 0 Å². The third-order valence-electron chi connectivity index (χ3n) is 5.13. The summed E-state index contributed by atoms with van der Waals surface area (Å²) in [6.45, 7) is -0.102. The van der Waals surface area contributed by atoms with E-state index in [0.717, 1.165) is 61.7 Å². The zero-order valence-electron chi connectivity index (χ0n) is 21.1. The van der Waals surface area contributed by atoms with E-state index in [1.165, 1.54) is 51.4 Å². The number of rotatable bonds is 23. The molecule has 0 aromatic rings. The minimum absolute atomic E-state index is 0.345. The average Bonchev–Trinajstić information content (AvgIpc) is 2.85. The third-order valence-corrected chi connectivity index (χ3v) is 5.38. The van der Waals surface area contributed by atoms with E-state index in [-0.39, 0.29) is 0 Å². The Hall–Kier alpha value is -2.06. The Labute approximate surface area is 224 Å². The van der Waals surface area contributed by atoms with Gasteiger partial charge >= 0.3 is 23.9 Å². The molecule has 0 aliphatic carbocycles. The summed E-state index contributed by atoms with van der Waals surface area (Å²) in [4.78, 5) is 44.8. The van der Waals surface area contributed by atoms with Gasteiger partial charge in [0.25, 0.3) is 0 Å². The van der Waals surface area contributed by atoms with E-state index in [1.807, 2.05) is 0 Å². The molecule has 0 atom stereocenters. The zero-order valence-corrected chi connectivity index (χ0v) is 22.6. The Kier molecular flexibility index (Phi) is 24.5. The molecule has 0 aliphatic heterocycles. The minimum atomic E-state index is -0.671. The summed E-state index contributed by atoms with van der Waals surface area (Å²) in [5.41, 5.74) is 2.05. The second kappa shape index (κ2) is 26.0. The van der Waals surface area contributed by atoms with Crippen LogP contribution < -0.4 is 0 Å². The van der Waals surface area contributed by atoms with Crippen molar-refractivity contribution < 1.29 is 38.1 Å². The van der Waals surface area contributed by atoms with Crippen molar-refractivity contribution in [2.75, 3.05) is 26.4 Å². The third kappa shape index (κ3) is 25.0. The Balaban J connectivity index is 3.27. The average molecular weight is 552 g/mol. The summed E-state index contributed by atoms with van der Waals surface area (Å²) in [7, 11) is 0. The first-order valence-electron chi connectivity index (χ1n) is 12.7. The molecule has 0 spiro atoms. The van der Waals surface area contributed by atoms with Crippen LogP contribution in [-0.4, -0.2) is 50.3 Å². The SMILES string of the molecule is O=C(C=CCl)OCC(=O)OCCCCCCCCCCCCCCCCOC(=O)COC(=O)C=CCl. The number of hydrogen-bond donors (Lipinski definition) is 0. The van der Waals surface area contributed by atoms with Gasteiger partial charge in [0.15, 0.2) is 13.2 Å². The molecule has 10 heteroatoms. The topological polar surface area (TPSA) is 105 Å². The van der Waals surface area contributed by atoms with Gasteiger partial charge in [0.1, 0.15) is 0 Å². The van der Waals surface area contributed by atoms with Crippen molar-refractivity contribution in [2.45, 2.75) is 89.9 Å². The van der Waals surface area contributed by atoms with Crippen molar-refractivity contribution in [3.8, 4) is 0 Å². The highest BCUT2D eigenvalue weighted by molar-refractivity contribution is 6.26. The molecule has 36 heavy (non-hydrogen) atoms. The van der Waals surface area contributed by atoms with Crippen LogP contribution in [0.3, 0.4) is 0 Å². The zero-order chi connectivity index (χ0) is 26.7. The predicted molar refractivity (Wildman–Crippen MR) is 138 cm³/mol. The van der Waals surface area contributed by atoms with Gasteiger partial charge in [-0.3, -0.25) is 0 Å². The Morgan fingerprint density at radius 2 is 0.722 bits per heavy atom. The Morgan fingerprint density at radius 1 is 0.444 bits per heavy atom. The molecule has 0 fully saturated rings. The van der Waals surface area contributed by atoms with Crippen LogP contribution in [0.25, 0.3) is 0 Å². The largest absolute Gasteiger partial charge is 0.463 e. The Bertz CT molecular complexity index is 608. The number of ether oxygens (including phenoxy) is 4. The van der Waals surface area contributed by atoms with E-state index >= 15 is 0 Å². The van der Waals surface area contributed by atoms with Crippen LogP contribution in [-0.2, 0) is 38.1 Å². The second-order valence-electron chi connectivity index (χ2n) is 8.19. The van der Waals surface area contributed by atoms with Crippen molar-refractivity contribution in [3.05, 3.63) is 23.2 Å². The number of carbonyl (C=O) groups excluding carboxylic acids is 4. The lowest BCUT2D eigenvalue weighted by Crippen LogP contribution is -2.15. The smallest absolute Gasteiger partial charge is 0.344 e. The van der Waals surface area contributed by atoms with Crippen LogP contribution >= 0.6 is 23.2 Å². The molecule has 0 rings (SSSR count). The van der Waals surface area contributed by atoms with Gasteiger partial charge < -0.3 is 18.9 Å². The number of esters is 4. The van der Waals surface area contributed by atoms with Crippen molar-refractivity contribution >= 4 is 47.1 Å². The van der Waals surface area contributed by atoms with Crippen LogP contribution in [0.2, 0.25) is 0 Å². The monoisotopic (exact) mass is 550 g/mol. The summed E-state index contributed by atoms with van der Waals surface area (Å²) < 4.78 is 19.3. The fourth-order valence-electron chi connectivity index (χ4n) is 3.24. The van der Waals surface area contributed by atoms with E-state index in [0.29, 0.717) is 13.2 Å². The predicted octanol–water partition coefficient (Wildman–Crippen LogP) is 6.13. The fraction of sp³-hybridized carbons (Fsp3) is 0.692. The van der Waals surface area contributed by atoms with E-state index in [9.17, 15) is 19.2 Å². The molecule has 8 nitrogen and oxygen atoms in total. The quantitative estimate of drug-likeness (QED) is 0.0647. The van der Waals surface area contributed by atoms with Gasteiger partial charge in [0.2, 0.25) is 0 Å². The van der Waals surface area contributed by atoms with Crippen molar-refractivity contribution in [1.82, 2.24) is 0 Å². The van der Waals surface area contributed by atoms with Crippen LogP contribution in [0.15, 0.2) is 23.2 Å². The van der Waals surface area contributed by atoms with Gasteiger partial charge in [0.05, 0.1) is 13.2 Å². The Morgan fingerprint density at radius 3 is 1.00 bits per heavy atom. The summed E-state index contributed by atoms with van der Waals surface area (Å²) >= 11 is 10.5. The summed E-state index contributed by atoms with van der Waals surface area (Å²) in [5.74, 6) is -2.44. The van der Waals surface area contributed by atoms with Gasteiger partial charge in [-0.15, -0.1) is 0 Å². The van der Waals surface area contributed by atoms with Gasteiger partial charge in [-0.2, -0.15) is 0 Å². The van der Waals surface area contributed by atoms with E-state index < -0.39 is 37.1 Å². The van der Waals surface area contributed by atoms with Crippen LogP contribution in [0.5, 0.6) is 0 Å². The number of halogens is 2. The van der Waals surface area contributed by atoms with Gasteiger partial charge in [-0.1, -0.05) is 100 Å². The van der Waals surface area contributed by atoms with Crippen molar-refractivity contribution in [1.29, 1.82) is 0 Å². The van der Waals surface area contributed by atoms with Crippen molar-refractivity contribution in [3.63, 3.8) is 0 Å². The molecule has 0 saturated carbocycles. The first-order valence-corrected chi connectivity index (χ1v) is 13.5. The molecule has 0 heterocycles. The highest BCUT2D eigenvalue weighted by atomic mass is 35.5. The normalized spacial score (nSPS) is 11.1. The van der Waals surface area contributed by atoms with E-state index in [4.69, 9.17) is 32.7 Å². The maximum atomic E-state index is 11.4. The van der Waals surface area contributed by atoms with Gasteiger partial charge in [-0.25, -0.2) is 19.2 Å². The lowest BCUT2D eigenvalue weighted by atomic mass is 10.0. The van der Waals surface area contributed by atoms with E-state index in [2.05, 4.69) is 9.47 Å².